The molecular formula is C9H5BrF6. The molecule has 0 spiro atoms. The Morgan fingerprint density at radius 2 is 1.25 bits per heavy atom. The first-order chi connectivity index (χ1) is 7.11. The van der Waals surface area contributed by atoms with Gasteiger partial charge in [0.15, 0.2) is 0 Å². The van der Waals surface area contributed by atoms with E-state index < -0.39 is 22.2 Å². The van der Waals surface area contributed by atoms with Crippen molar-refractivity contribution in [1.29, 1.82) is 0 Å². The summed E-state index contributed by atoms with van der Waals surface area (Å²) < 4.78 is 71.2. The fraction of sp³-hybridized carbons (Fsp3) is 0.333. The zero-order chi connectivity index (χ0) is 12.6. The molecule has 0 nitrogen and oxygen atoms in total. The summed E-state index contributed by atoms with van der Waals surface area (Å²) in [6.45, 7) is 0. The molecule has 1 aromatic carbocycles. The fourth-order valence-corrected chi connectivity index (χ4v) is 1.50. The van der Waals surface area contributed by atoms with Gasteiger partial charge < -0.3 is 0 Å². The maximum absolute atomic E-state index is 13.5. The number of halogens is 7. The largest absolute Gasteiger partial charge is 0.458 e. The third-order valence-corrected chi connectivity index (χ3v) is 2.84. The molecule has 0 saturated heterocycles. The molecule has 0 heterocycles. The smallest absolute Gasteiger partial charge is 0.219 e. The lowest BCUT2D eigenvalue weighted by Crippen LogP contribution is -2.49. The van der Waals surface area contributed by atoms with Crippen molar-refractivity contribution >= 4 is 15.9 Å². The predicted octanol–water partition coefficient (Wildman–Crippen LogP) is 4.40. The van der Waals surface area contributed by atoms with E-state index in [1.165, 1.54) is 6.07 Å². The van der Waals surface area contributed by atoms with Crippen LogP contribution in [0.3, 0.4) is 0 Å². The van der Waals surface area contributed by atoms with Gasteiger partial charge in [0.05, 0.1) is 0 Å². The number of hydrogen-bond acceptors (Lipinski definition) is 0. The summed E-state index contributed by atoms with van der Waals surface area (Å²) in [4.78, 5) is 0. The van der Waals surface area contributed by atoms with E-state index in [4.69, 9.17) is 0 Å². The van der Waals surface area contributed by atoms with Gasteiger partial charge in [0.2, 0.25) is 0 Å². The Hall–Kier alpha value is -0.720. The van der Waals surface area contributed by atoms with Crippen LogP contribution in [0, 0.1) is 0 Å². The molecule has 0 amide bonds. The van der Waals surface area contributed by atoms with Gasteiger partial charge in [-0.15, -0.1) is 0 Å². The minimum absolute atomic E-state index is 0.794. The fourth-order valence-electron chi connectivity index (χ4n) is 1.01. The van der Waals surface area contributed by atoms with E-state index in [2.05, 4.69) is 0 Å². The van der Waals surface area contributed by atoms with Crippen molar-refractivity contribution in [3.63, 3.8) is 0 Å². The molecule has 1 unspecified atom stereocenters. The molecular weight excluding hydrogens is 302 g/mol. The minimum Gasteiger partial charge on any atom is -0.219 e. The highest BCUT2D eigenvalue weighted by Crippen LogP contribution is 2.54. The van der Waals surface area contributed by atoms with Crippen LogP contribution in [0.4, 0.5) is 26.3 Å². The average molecular weight is 307 g/mol. The van der Waals surface area contributed by atoms with Gasteiger partial charge in [-0.2, -0.15) is 22.0 Å². The average Bonchev–Trinajstić information content (AvgIpc) is 2.17. The summed E-state index contributed by atoms with van der Waals surface area (Å²) in [5.41, 5.74) is -0.794. The predicted molar refractivity (Wildman–Crippen MR) is 49.2 cm³/mol. The minimum atomic E-state index is -5.97. The van der Waals surface area contributed by atoms with Gasteiger partial charge in [0, 0.05) is 5.56 Å². The lowest BCUT2D eigenvalue weighted by atomic mass is 10.0. The third-order valence-electron chi connectivity index (χ3n) is 1.89. The molecule has 0 aliphatic rings. The van der Waals surface area contributed by atoms with E-state index in [0.717, 1.165) is 24.3 Å². The number of benzene rings is 1. The monoisotopic (exact) mass is 306 g/mol. The summed E-state index contributed by atoms with van der Waals surface area (Å²) >= 11 is 1.81. The molecule has 0 N–H and O–H groups in total. The van der Waals surface area contributed by atoms with Crippen LogP contribution in [0.1, 0.15) is 5.56 Å². The van der Waals surface area contributed by atoms with Crippen LogP contribution < -0.4 is 0 Å². The van der Waals surface area contributed by atoms with E-state index in [9.17, 15) is 26.3 Å². The molecule has 16 heavy (non-hydrogen) atoms. The van der Waals surface area contributed by atoms with Crippen LogP contribution in [0.2, 0.25) is 0 Å². The van der Waals surface area contributed by atoms with E-state index >= 15 is 0 Å². The number of alkyl halides is 7. The molecule has 90 valence electrons. The second-order valence-electron chi connectivity index (χ2n) is 3.01. The molecule has 0 bridgehead atoms. The van der Waals surface area contributed by atoms with Crippen molar-refractivity contribution in [2.24, 2.45) is 0 Å². The zero-order valence-electron chi connectivity index (χ0n) is 7.53. The maximum Gasteiger partial charge on any atom is 0.458 e. The standard InChI is InChI=1S/C9H5BrF6/c10-7(11,6-4-2-1-3-5-6)8(12,13)9(14,15)16/h1-5H. The van der Waals surface area contributed by atoms with Crippen molar-refractivity contribution in [3.05, 3.63) is 35.9 Å². The molecule has 1 atom stereocenters. The molecule has 0 aliphatic heterocycles. The second kappa shape index (κ2) is 3.94. The van der Waals surface area contributed by atoms with E-state index in [0.29, 0.717) is 0 Å². The first-order valence-electron chi connectivity index (χ1n) is 3.98. The van der Waals surface area contributed by atoms with Gasteiger partial charge in [-0.25, -0.2) is 4.39 Å². The van der Waals surface area contributed by atoms with Gasteiger partial charge in [-0.1, -0.05) is 30.3 Å². The Kier molecular flexibility index (Phi) is 3.29. The van der Waals surface area contributed by atoms with Crippen molar-refractivity contribution in [1.82, 2.24) is 0 Å². The molecule has 0 fully saturated rings. The van der Waals surface area contributed by atoms with Crippen LogP contribution in [0.5, 0.6) is 0 Å². The number of rotatable bonds is 2. The second-order valence-corrected chi connectivity index (χ2v) is 4.11. The summed E-state index contributed by atoms with van der Waals surface area (Å²) in [6, 6.07) is 5.38. The van der Waals surface area contributed by atoms with Gasteiger partial charge in [-0.05, 0) is 15.9 Å². The van der Waals surface area contributed by atoms with E-state index in [1.54, 1.807) is 0 Å². The van der Waals surface area contributed by atoms with Gasteiger partial charge in [0.1, 0.15) is 0 Å². The summed E-state index contributed by atoms with van der Waals surface area (Å²) in [5.74, 6) is -5.51. The SMILES string of the molecule is FC(F)(F)C(F)(F)C(F)(Br)c1ccccc1. The van der Waals surface area contributed by atoms with Crippen molar-refractivity contribution in [2.45, 2.75) is 16.7 Å². The van der Waals surface area contributed by atoms with E-state index in [-0.39, 0.29) is 0 Å². The summed E-state index contributed by atoms with van der Waals surface area (Å²) in [6.07, 6.45) is -5.97. The van der Waals surface area contributed by atoms with Crippen LogP contribution >= 0.6 is 15.9 Å². The lowest BCUT2D eigenvalue weighted by molar-refractivity contribution is -0.311. The molecule has 0 saturated carbocycles. The first-order valence-corrected chi connectivity index (χ1v) is 4.78. The molecule has 1 rings (SSSR count). The highest BCUT2D eigenvalue weighted by molar-refractivity contribution is 9.09. The molecule has 0 radical (unpaired) electrons. The topological polar surface area (TPSA) is 0 Å². The quantitative estimate of drug-likeness (QED) is 0.561. The summed E-state index contributed by atoms with van der Waals surface area (Å²) in [5, 5.41) is 0. The number of hydrogen-bond donors (Lipinski definition) is 0. The lowest BCUT2D eigenvalue weighted by Gasteiger charge is -2.30. The highest BCUT2D eigenvalue weighted by Gasteiger charge is 2.71. The van der Waals surface area contributed by atoms with Gasteiger partial charge in [-0.3, -0.25) is 0 Å². The molecule has 7 heteroatoms. The van der Waals surface area contributed by atoms with Crippen molar-refractivity contribution in [2.75, 3.05) is 0 Å². The Morgan fingerprint density at radius 3 is 1.62 bits per heavy atom. The van der Waals surface area contributed by atoms with Crippen LogP contribution in [-0.4, -0.2) is 12.1 Å². The molecule has 0 aromatic heterocycles. The van der Waals surface area contributed by atoms with Gasteiger partial charge in [0.25, 0.3) is 4.58 Å². The molecule has 0 aliphatic carbocycles. The Bertz CT molecular complexity index is 356. The summed E-state index contributed by atoms with van der Waals surface area (Å²) in [7, 11) is 0. The van der Waals surface area contributed by atoms with Crippen LogP contribution in [-0.2, 0) is 4.58 Å². The Balaban J connectivity index is 3.22. The zero-order valence-corrected chi connectivity index (χ0v) is 9.12. The Labute approximate surface area is 95.4 Å². The molecule has 1 aromatic rings. The normalized spacial score (nSPS) is 16.9. The van der Waals surface area contributed by atoms with E-state index in [1.807, 2.05) is 15.9 Å². The van der Waals surface area contributed by atoms with Crippen molar-refractivity contribution < 1.29 is 26.3 Å². The maximum atomic E-state index is 13.5. The van der Waals surface area contributed by atoms with Gasteiger partial charge >= 0.3 is 12.1 Å². The van der Waals surface area contributed by atoms with Crippen LogP contribution in [0.15, 0.2) is 30.3 Å². The van der Waals surface area contributed by atoms with Crippen molar-refractivity contribution in [3.8, 4) is 0 Å². The first kappa shape index (κ1) is 13.3. The third kappa shape index (κ3) is 2.05. The van der Waals surface area contributed by atoms with Crippen LogP contribution in [0.25, 0.3) is 0 Å². The highest BCUT2D eigenvalue weighted by atomic mass is 79.9. The Morgan fingerprint density at radius 1 is 0.812 bits per heavy atom.